The molecule has 0 bridgehead atoms. The number of rotatable bonds is 4. The molecule has 2 heterocycles. The van der Waals surface area contributed by atoms with Crippen molar-refractivity contribution in [1.29, 1.82) is 0 Å². The minimum Gasteiger partial charge on any atom is -0.490 e. The third kappa shape index (κ3) is 4.21. The molecule has 8 heteroatoms. The van der Waals surface area contributed by atoms with Gasteiger partial charge in [-0.05, 0) is 31.7 Å². The van der Waals surface area contributed by atoms with Crippen LogP contribution >= 0.6 is 0 Å². The van der Waals surface area contributed by atoms with Crippen LogP contribution in [0.5, 0.6) is 5.75 Å². The molecular weight excluding hydrogens is 348 g/mol. The van der Waals surface area contributed by atoms with Crippen molar-refractivity contribution >= 4 is 22.7 Å². The number of carbonyl (C=O) groups excluding carboxylic acids is 1. The molecule has 2 fully saturated rings. The quantitative estimate of drug-likeness (QED) is 0.878. The van der Waals surface area contributed by atoms with E-state index in [1.165, 1.54) is 0 Å². The molecule has 0 atom stereocenters. The molecule has 0 radical (unpaired) electrons. The van der Waals surface area contributed by atoms with E-state index in [0.717, 1.165) is 74.3 Å². The normalized spacial score (nSPS) is 23.2. The van der Waals surface area contributed by atoms with Crippen LogP contribution in [-0.2, 0) is 9.47 Å². The van der Waals surface area contributed by atoms with E-state index in [1.807, 2.05) is 0 Å². The number of aromatic nitrogens is 2. The molecule has 2 aromatic rings. The summed E-state index contributed by atoms with van der Waals surface area (Å²) in [5.74, 6) is 0.800. The molecule has 0 unspecified atom stereocenters. The van der Waals surface area contributed by atoms with Crippen LogP contribution in [0.4, 0.5) is 10.5 Å². The summed E-state index contributed by atoms with van der Waals surface area (Å²) in [6.07, 6.45) is 5.74. The summed E-state index contributed by atoms with van der Waals surface area (Å²) in [5.41, 5.74) is 7.07. The van der Waals surface area contributed by atoms with Crippen LogP contribution in [0.3, 0.4) is 0 Å². The first-order chi connectivity index (χ1) is 13.2. The summed E-state index contributed by atoms with van der Waals surface area (Å²) in [4.78, 5) is 21.8. The maximum absolute atomic E-state index is 10.9. The number of hydrogen-bond acceptors (Lipinski definition) is 7. The summed E-state index contributed by atoms with van der Waals surface area (Å²) >= 11 is 0. The first-order valence-electron chi connectivity index (χ1n) is 9.38. The Morgan fingerprint density at radius 2 is 1.89 bits per heavy atom. The fraction of sp³-hybridized carbons (Fsp3) is 0.526. The number of amides is 1. The average Bonchev–Trinajstić information content (AvgIpc) is 2.70. The highest BCUT2D eigenvalue weighted by molar-refractivity contribution is 5.88. The maximum Gasteiger partial charge on any atom is 0.404 e. The largest absolute Gasteiger partial charge is 0.490 e. The van der Waals surface area contributed by atoms with Gasteiger partial charge in [-0.3, -0.25) is 0 Å². The van der Waals surface area contributed by atoms with Crippen LogP contribution in [0, 0.1) is 0 Å². The third-order valence-corrected chi connectivity index (χ3v) is 5.15. The first-order valence-corrected chi connectivity index (χ1v) is 9.38. The summed E-state index contributed by atoms with van der Waals surface area (Å²) in [6, 6.07) is 4.15. The molecule has 1 aliphatic heterocycles. The molecule has 1 saturated heterocycles. The number of carbonyl (C=O) groups is 1. The van der Waals surface area contributed by atoms with Crippen molar-refractivity contribution in [2.24, 2.45) is 5.73 Å². The van der Waals surface area contributed by atoms with Crippen molar-refractivity contribution in [2.75, 3.05) is 31.2 Å². The maximum atomic E-state index is 10.9. The lowest BCUT2D eigenvalue weighted by Gasteiger charge is -2.31. The predicted octanol–water partition coefficient (Wildman–Crippen LogP) is 2.25. The summed E-state index contributed by atoms with van der Waals surface area (Å²) < 4.78 is 16.9. The number of anilines is 1. The Morgan fingerprint density at radius 3 is 2.63 bits per heavy atom. The Kier molecular flexibility index (Phi) is 5.24. The van der Waals surface area contributed by atoms with Crippen molar-refractivity contribution in [1.82, 2.24) is 9.97 Å². The average molecular weight is 372 g/mol. The van der Waals surface area contributed by atoms with Crippen molar-refractivity contribution in [2.45, 2.75) is 37.9 Å². The van der Waals surface area contributed by atoms with Gasteiger partial charge in [0.05, 0.1) is 30.2 Å². The topological polar surface area (TPSA) is 99.8 Å². The Labute approximate surface area is 157 Å². The number of primary amides is 1. The molecule has 4 rings (SSSR count). The molecule has 1 saturated carbocycles. The third-order valence-electron chi connectivity index (χ3n) is 5.15. The second-order valence-electron chi connectivity index (χ2n) is 6.95. The van der Waals surface area contributed by atoms with Gasteiger partial charge < -0.3 is 24.8 Å². The van der Waals surface area contributed by atoms with E-state index in [4.69, 9.17) is 19.9 Å². The van der Waals surface area contributed by atoms with Crippen molar-refractivity contribution < 1.29 is 19.0 Å². The van der Waals surface area contributed by atoms with Crippen LogP contribution in [-0.4, -0.2) is 54.6 Å². The van der Waals surface area contributed by atoms with Gasteiger partial charge in [0.2, 0.25) is 0 Å². The van der Waals surface area contributed by atoms with Gasteiger partial charge in [0.1, 0.15) is 18.2 Å². The van der Waals surface area contributed by atoms with E-state index in [2.05, 4.69) is 27.0 Å². The van der Waals surface area contributed by atoms with Gasteiger partial charge >= 0.3 is 6.09 Å². The predicted molar refractivity (Wildman–Crippen MR) is 99.9 cm³/mol. The number of fused-ring (bicyclic) bond motifs is 1. The summed E-state index contributed by atoms with van der Waals surface area (Å²) in [5, 5.41) is 0.907. The Morgan fingerprint density at radius 1 is 1.15 bits per heavy atom. The standard InChI is InChI=1S/C19H24N4O4/c20-19(24)27-15-3-1-14(2-4-15)26-18-10-13(23-5-7-25-8-6-23)9-17-16(18)11-21-12-22-17/h9-12,14-15H,1-8H2,(H2,20,24). The number of benzene rings is 1. The minimum atomic E-state index is -0.708. The second-order valence-corrected chi connectivity index (χ2v) is 6.95. The Hall–Kier alpha value is -2.61. The molecular formula is C19H24N4O4. The molecule has 144 valence electrons. The van der Waals surface area contributed by atoms with E-state index in [9.17, 15) is 4.79 Å². The van der Waals surface area contributed by atoms with Gasteiger partial charge in [0.25, 0.3) is 0 Å². The van der Waals surface area contributed by atoms with Crippen LogP contribution in [0.1, 0.15) is 25.7 Å². The molecule has 0 spiro atoms. The molecule has 8 nitrogen and oxygen atoms in total. The zero-order chi connectivity index (χ0) is 18.6. The van der Waals surface area contributed by atoms with E-state index in [-0.39, 0.29) is 12.2 Å². The highest BCUT2D eigenvalue weighted by Crippen LogP contribution is 2.33. The number of ether oxygens (including phenoxy) is 3. The van der Waals surface area contributed by atoms with Gasteiger partial charge in [-0.25, -0.2) is 14.8 Å². The van der Waals surface area contributed by atoms with Crippen molar-refractivity contribution in [3.8, 4) is 5.75 Å². The Bertz CT molecular complexity index is 801. The van der Waals surface area contributed by atoms with Crippen molar-refractivity contribution in [3.63, 3.8) is 0 Å². The zero-order valence-corrected chi connectivity index (χ0v) is 15.2. The van der Waals surface area contributed by atoms with Gasteiger partial charge in [0, 0.05) is 31.0 Å². The first kappa shape index (κ1) is 17.8. The Balaban J connectivity index is 1.53. The highest BCUT2D eigenvalue weighted by Gasteiger charge is 2.25. The number of nitrogens with zero attached hydrogens (tertiary/aromatic N) is 3. The fourth-order valence-corrected chi connectivity index (χ4v) is 3.75. The minimum absolute atomic E-state index is 0.0704. The molecule has 2 N–H and O–H groups in total. The smallest absolute Gasteiger partial charge is 0.404 e. The summed E-state index contributed by atoms with van der Waals surface area (Å²) in [6.45, 7) is 3.15. The molecule has 1 aromatic heterocycles. The number of hydrogen-bond donors (Lipinski definition) is 1. The van der Waals surface area contributed by atoms with Gasteiger partial charge in [-0.15, -0.1) is 0 Å². The van der Waals surface area contributed by atoms with E-state index >= 15 is 0 Å². The number of morpholine rings is 1. The molecule has 1 aromatic carbocycles. The van der Waals surface area contributed by atoms with Gasteiger partial charge in [-0.2, -0.15) is 0 Å². The fourth-order valence-electron chi connectivity index (χ4n) is 3.75. The van der Waals surface area contributed by atoms with Crippen LogP contribution in [0.2, 0.25) is 0 Å². The van der Waals surface area contributed by atoms with E-state index in [0.29, 0.717) is 0 Å². The van der Waals surface area contributed by atoms with Crippen molar-refractivity contribution in [3.05, 3.63) is 24.7 Å². The SMILES string of the molecule is NC(=O)OC1CCC(Oc2cc(N3CCOCC3)cc3ncncc23)CC1. The van der Waals surface area contributed by atoms with Crippen LogP contribution < -0.4 is 15.4 Å². The van der Waals surface area contributed by atoms with E-state index in [1.54, 1.807) is 12.5 Å². The number of nitrogens with two attached hydrogens (primary N) is 1. The molecule has 1 aliphatic carbocycles. The lowest BCUT2D eigenvalue weighted by Crippen LogP contribution is -2.36. The monoisotopic (exact) mass is 372 g/mol. The van der Waals surface area contributed by atoms with E-state index < -0.39 is 6.09 Å². The zero-order valence-electron chi connectivity index (χ0n) is 15.2. The second kappa shape index (κ2) is 7.96. The van der Waals surface area contributed by atoms with Crippen LogP contribution in [0.25, 0.3) is 10.9 Å². The molecule has 1 amide bonds. The van der Waals surface area contributed by atoms with Crippen LogP contribution in [0.15, 0.2) is 24.7 Å². The lowest BCUT2D eigenvalue weighted by molar-refractivity contribution is 0.0474. The van der Waals surface area contributed by atoms with Gasteiger partial charge in [-0.1, -0.05) is 0 Å². The van der Waals surface area contributed by atoms with Gasteiger partial charge in [0.15, 0.2) is 0 Å². The molecule has 2 aliphatic rings. The summed E-state index contributed by atoms with van der Waals surface area (Å²) in [7, 11) is 0. The lowest BCUT2D eigenvalue weighted by atomic mass is 9.95. The highest BCUT2D eigenvalue weighted by atomic mass is 16.6. The molecule has 27 heavy (non-hydrogen) atoms.